The molecule has 0 radical (unpaired) electrons. The molecule has 0 saturated carbocycles. The van der Waals surface area contributed by atoms with Gasteiger partial charge in [0, 0.05) is 25.7 Å². The van der Waals surface area contributed by atoms with E-state index in [9.17, 15) is 5.11 Å². The number of hydrogen-bond donors (Lipinski definition) is 2. The van der Waals surface area contributed by atoms with Crippen LogP contribution in [0.2, 0.25) is 0 Å². The van der Waals surface area contributed by atoms with Gasteiger partial charge in [-0.05, 0) is 19.6 Å². The summed E-state index contributed by atoms with van der Waals surface area (Å²) in [5.41, 5.74) is 0. The maximum Gasteiger partial charge on any atom is 0.191 e. The van der Waals surface area contributed by atoms with E-state index < -0.39 is 0 Å². The van der Waals surface area contributed by atoms with Crippen molar-refractivity contribution < 1.29 is 5.11 Å². The third-order valence-corrected chi connectivity index (χ3v) is 3.26. The lowest BCUT2D eigenvalue weighted by atomic mass is 10.3. The number of unbranched alkanes of at least 4 members (excludes halogenated alkanes) is 1. The van der Waals surface area contributed by atoms with Crippen molar-refractivity contribution in [3.8, 4) is 0 Å². The van der Waals surface area contributed by atoms with Gasteiger partial charge in [0.2, 0.25) is 0 Å². The van der Waals surface area contributed by atoms with Gasteiger partial charge in [0.25, 0.3) is 0 Å². The van der Waals surface area contributed by atoms with Gasteiger partial charge in [0.05, 0.1) is 6.61 Å². The van der Waals surface area contributed by atoms with Crippen LogP contribution in [0.1, 0.15) is 26.7 Å². The molecule has 1 heterocycles. The molecule has 1 rings (SSSR count). The number of rotatable bonds is 9. The molecule has 0 aromatic carbocycles. The van der Waals surface area contributed by atoms with Crippen LogP contribution < -0.4 is 10.2 Å². The quantitative estimate of drug-likeness (QED) is 0.535. The van der Waals surface area contributed by atoms with E-state index in [1.165, 1.54) is 11.8 Å². The maximum atomic E-state index is 9.19. The first-order valence-corrected chi connectivity index (χ1v) is 8.00. The molecule has 0 aliphatic rings. The zero-order chi connectivity index (χ0) is 14.1. The molecule has 0 aliphatic heterocycles. The molecule has 0 spiro atoms. The Labute approximate surface area is 119 Å². The van der Waals surface area contributed by atoms with Crippen LogP contribution in [0.5, 0.6) is 0 Å². The summed E-state index contributed by atoms with van der Waals surface area (Å²) < 4.78 is 0. The fourth-order valence-electron chi connectivity index (χ4n) is 1.75. The van der Waals surface area contributed by atoms with Crippen LogP contribution in [0.4, 0.5) is 11.6 Å². The van der Waals surface area contributed by atoms with Gasteiger partial charge in [0.15, 0.2) is 5.16 Å². The lowest BCUT2D eigenvalue weighted by Crippen LogP contribution is -2.29. The fourth-order valence-corrected chi connectivity index (χ4v) is 2.12. The molecule has 2 N–H and O–H groups in total. The van der Waals surface area contributed by atoms with Crippen molar-refractivity contribution >= 4 is 23.4 Å². The van der Waals surface area contributed by atoms with Crippen molar-refractivity contribution in [2.75, 3.05) is 42.7 Å². The SMILES string of the molecule is CCCCN(CCO)c1cc(NCC)nc(SC)n1. The predicted octanol–water partition coefficient (Wildman–Crippen LogP) is 2.23. The van der Waals surface area contributed by atoms with Crippen molar-refractivity contribution in [1.29, 1.82) is 0 Å². The van der Waals surface area contributed by atoms with Crippen molar-refractivity contribution in [3.05, 3.63) is 6.07 Å². The number of aliphatic hydroxyl groups excluding tert-OH is 1. The van der Waals surface area contributed by atoms with Crippen LogP contribution >= 0.6 is 11.8 Å². The molecule has 6 heteroatoms. The van der Waals surface area contributed by atoms with E-state index in [2.05, 4.69) is 27.1 Å². The Hall–Kier alpha value is -1.01. The summed E-state index contributed by atoms with van der Waals surface area (Å²) in [6.07, 6.45) is 4.19. The highest BCUT2D eigenvalue weighted by atomic mass is 32.2. The second kappa shape index (κ2) is 8.98. The molecular formula is C13H24N4OS. The van der Waals surface area contributed by atoms with E-state index >= 15 is 0 Å². The van der Waals surface area contributed by atoms with Gasteiger partial charge in [-0.1, -0.05) is 25.1 Å². The summed E-state index contributed by atoms with van der Waals surface area (Å²) in [7, 11) is 0. The molecule has 108 valence electrons. The normalized spacial score (nSPS) is 10.5. The number of thioether (sulfide) groups is 1. The van der Waals surface area contributed by atoms with Gasteiger partial charge in [-0.2, -0.15) is 0 Å². The van der Waals surface area contributed by atoms with Crippen molar-refractivity contribution in [1.82, 2.24) is 9.97 Å². The Morgan fingerprint density at radius 3 is 2.68 bits per heavy atom. The summed E-state index contributed by atoms with van der Waals surface area (Å²) in [6, 6.07) is 1.95. The van der Waals surface area contributed by atoms with E-state index in [1.807, 2.05) is 19.2 Å². The third-order valence-electron chi connectivity index (χ3n) is 2.71. The molecule has 1 aromatic heterocycles. The number of hydrogen-bond acceptors (Lipinski definition) is 6. The molecule has 0 aliphatic carbocycles. The Morgan fingerprint density at radius 2 is 2.11 bits per heavy atom. The van der Waals surface area contributed by atoms with Gasteiger partial charge < -0.3 is 15.3 Å². The van der Waals surface area contributed by atoms with Crippen LogP contribution in [0.15, 0.2) is 11.2 Å². The Kier molecular flexibility index (Phi) is 7.59. The zero-order valence-corrected chi connectivity index (χ0v) is 12.8. The largest absolute Gasteiger partial charge is 0.395 e. The van der Waals surface area contributed by atoms with E-state index in [0.717, 1.165) is 42.7 Å². The Morgan fingerprint density at radius 1 is 1.32 bits per heavy atom. The summed E-state index contributed by atoms with van der Waals surface area (Å²) in [4.78, 5) is 11.1. The molecule has 5 nitrogen and oxygen atoms in total. The third kappa shape index (κ3) is 5.24. The Balaban J connectivity index is 2.95. The molecule has 0 fully saturated rings. The van der Waals surface area contributed by atoms with E-state index in [0.29, 0.717) is 6.54 Å². The summed E-state index contributed by atoms with van der Waals surface area (Å²) in [6.45, 7) is 6.69. The number of aliphatic hydroxyl groups is 1. The van der Waals surface area contributed by atoms with Gasteiger partial charge in [-0.3, -0.25) is 0 Å². The number of nitrogens with one attached hydrogen (secondary N) is 1. The lowest BCUT2D eigenvalue weighted by molar-refractivity contribution is 0.301. The van der Waals surface area contributed by atoms with Crippen molar-refractivity contribution in [3.63, 3.8) is 0 Å². The molecule has 1 aromatic rings. The first-order valence-electron chi connectivity index (χ1n) is 6.77. The average Bonchev–Trinajstić information content (AvgIpc) is 2.43. The molecule has 0 unspecified atom stereocenters. The number of nitrogens with zero attached hydrogens (tertiary/aromatic N) is 3. The first kappa shape index (κ1) is 16.0. The minimum atomic E-state index is 0.138. The maximum absolute atomic E-state index is 9.19. The van der Waals surface area contributed by atoms with Crippen molar-refractivity contribution in [2.24, 2.45) is 0 Å². The van der Waals surface area contributed by atoms with E-state index in [1.54, 1.807) is 0 Å². The summed E-state index contributed by atoms with van der Waals surface area (Å²) in [5.74, 6) is 1.73. The van der Waals surface area contributed by atoms with Gasteiger partial charge in [0.1, 0.15) is 11.6 Å². The molecule has 19 heavy (non-hydrogen) atoms. The molecule has 0 saturated heterocycles. The van der Waals surface area contributed by atoms with Crippen LogP contribution in [0, 0.1) is 0 Å². The minimum Gasteiger partial charge on any atom is -0.395 e. The standard InChI is InChI=1S/C13H24N4OS/c1-4-6-7-17(8-9-18)12-10-11(14-5-2)15-13(16-12)19-3/h10,18H,4-9H2,1-3H3,(H,14,15,16). The highest BCUT2D eigenvalue weighted by Crippen LogP contribution is 2.20. The van der Waals surface area contributed by atoms with Crippen LogP contribution in [0.25, 0.3) is 0 Å². The number of anilines is 2. The Bertz CT molecular complexity index is 376. The molecular weight excluding hydrogens is 260 g/mol. The minimum absolute atomic E-state index is 0.138. The first-order chi connectivity index (χ1) is 9.24. The van der Waals surface area contributed by atoms with Crippen LogP contribution in [-0.2, 0) is 0 Å². The van der Waals surface area contributed by atoms with Crippen LogP contribution in [-0.4, -0.2) is 47.6 Å². The monoisotopic (exact) mass is 284 g/mol. The zero-order valence-electron chi connectivity index (χ0n) is 12.0. The van der Waals surface area contributed by atoms with Gasteiger partial charge in [-0.25, -0.2) is 9.97 Å². The lowest BCUT2D eigenvalue weighted by Gasteiger charge is -2.23. The van der Waals surface area contributed by atoms with Gasteiger partial charge >= 0.3 is 0 Å². The highest BCUT2D eigenvalue weighted by molar-refractivity contribution is 7.98. The number of aromatic nitrogens is 2. The topological polar surface area (TPSA) is 61.3 Å². The smallest absolute Gasteiger partial charge is 0.191 e. The summed E-state index contributed by atoms with van der Waals surface area (Å²) >= 11 is 1.53. The van der Waals surface area contributed by atoms with E-state index in [-0.39, 0.29) is 6.61 Å². The average molecular weight is 284 g/mol. The predicted molar refractivity (Wildman–Crippen MR) is 82.2 cm³/mol. The molecule has 0 amide bonds. The van der Waals surface area contributed by atoms with Crippen LogP contribution in [0.3, 0.4) is 0 Å². The molecule has 0 bridgehead atoms. The van der Waals surface area contributed by atoms with E-state index in [4.69, 9.17) is 0 Å². The second-order valence-corrected chi connectivity index (χ2v) is 4.97. The fraction of sp³-hybridized carbons (Fsp3) is 0.692. The molecule has 0 atom stereocenters. The van der Waals surface area contributed by atoms with Crippen molar-refractivity contribution in [2.45, 2.75) is 31.8 Å². The highest BCUT2D eigenvalue weighted by Gasteiger charge is 2.10. The second-order valence-electron chi connectivity index (χ2n) is 4.19. The summed E-state index contributed by atoms with van der Waals surface area (Å²) in [5, 5.41) is 13.2. The van der Waals surface area contributed by atoms with Gasteiger partial charge in [-0.15, -0.1) is 0 Å².